The van der Waals surface area contributed by atoms with Crippen LogP contribution in [0.25, 0.3) is 0 Å². The van der Waals surface area contributed by atoms with Gasteiger partial charge in [-0.2, -0.15) is 0 Å². The van der Waals surface area contributed by atoms with Gasteiger partial charge in [-0.1, -0.05) is 25.3 Å². The van der Waals surface area contributed by atoms with Gasteiger partial charge in [0.25, 0.3) is 17.7 Å². The SMILES string of the molecule is Nc1cccc2c1C(=O)N(C(=O)C1(N)CCCCC1)C2=O. The van der Waals surface area contributed by atoms with E-state index in [1.54, 1.807) is 6.07 Å². The molecule has 0 unspecified atom stereocenters. The maximum atomic E-state index is 12.6. The summed E-state index contributed by atoms with van der Waals surface area (Å²) in [5, 5.41) is 0. The third-order valence-corrected chi connectivity index (χ3v) is 4.32. The third-order valence-electron chi connectivity index (χ3n) is 4.32. The van der Waals surface area contributed by atoms with E-state index >= 15 is 0 Å². The first-order valence-electron chi connectivity index (χ1n) is 7.06. The van der Waals surface area contributed by atoms with Crippen molar-refractivity contribution in [2.24, 2.45) is 5.73 Å². The van der Waals surface area contributed by atoms with Gasteiger partial charge in [-0.3, -0.25) is 14.4 Å². The van der Waals surface area contributed by atoms with E-state index in [0.29, 0.717) is 17.7 Å². The molecule has 6 nitrogen and oxygen atoms in total. The molecule has 0 atom stereocenters. The number of carbonyl (C=O) groups is 3. The predicted octanol–water partition coefficient (Wildman–Crippen LogP) is 1.05. The lowest BCUT2D eigenvalue weighted by Gasteiger charge is -2.33. The molecule has 0 saturated heterocycles. The Kier molecular flexibility index (Phi) is 3.06. The fourth-order valence-electron chi connectivity index (χ4n) is 3.12. The number of rotatable bonds is 1. The number of imide groups is 3. The van der Waals surface area contributed by atoms with E-state index in [2.05, 4.69) is 0 Å². The molecule has 1 aliphatic carbocycles. The van der Waals surface area contributed by atoms with Gasteiger partial charge in [0.15, 0.2) is 0 Å². The molecule has 2 aliphatic rings. The molecule has 1 saturated carbocycles. The van der Waals surface area contributed by atoms with Gasteiger partial charge in [0.2, 0.25) is 0 Å². The fraction of sp³-hybridized carbons (Fsp3) is 0.400. The lowest BCUT2D eigenvalue weighted by atomic mass is 9.81. The van der Waals surface area contributed by atoms with Crippen LogP contribution in [0.5, 0.6) is 0 Å². The number of benzene rings is 1. The molecular formula is C15H17N3O3. The van der Waals surface area contributed by atoms with E-state index in [1.165, 1.54) is 12.1 Å². The van der Waals surface area contributed by atoms with Gasteiger partial charge in [0.1, 0.15) is 0 Å². The number of nitrogen functional groups attached to an aromatic ring is 1. The Balaban J connectivity index is 1.98. The first kappa shape index (κ1) is 13.8. The average molecular weight is 287 g/mol. The summed E-state index contributed by atoms with van der Waals surface area (Å²) in [6.07, 6.45) is 3.66. The minimum atomic E-state index is -1.12. The summed E-state index contributed by atoms with van der Waals surface area (Å²) in [5.41, 5.74) is 11.3. The topological polar surface area (TPSA) is 106 Å². The van der Waals surface area contributed by atoms with Gasteiger partial charge in [-0.05, 0) is 25.0 Å². The van der Waals surface area contributed by atoms with Crippen LogP contribution in [0.2, 0.25) is 0 Å². The largest absolute Gasteiger partial charge is 0.398 e. The summed E-state index contributed by atoms with van der Waals surface area (Å²) in [7, 11) is 0. The number of nitrogens with zero attached hydrogens (tertiary/aromatic N) is 1. The second-order valence-electron chi connectivity index (χ2n) is 5.74. The maximum absolute atomic E-state index is 12.6. The van der Waals surface area contributed by atoms with E-state index < -0.39 is 23.3 Å². The molecule has 1 aliphatic heterocycles. The summed E-state index contributed by atoms with van der Waals surface area (Å²) < 4.78 is 0. The number of hydrogen-bond acceptors (Lipinski definition) is 5. The lowest BCUT2D eigenvalue weighted by molar-refractivity contribution is -0.133. The maximum Gasteiger partial charge on any atom is 0.270 e. The van der Waals surface area contributed by atoms with Crippen molar-refractivity contribution in [2.75, 3.05) is 5.73 Å². The minimum absolute atomic E-state index is 0.107. The summed E-state index contributed by atoms with van der Waals surface area (Å²) in [5.74, 6) is -1.89. The molecular weight excluding hydrogens is 270 g/mol. The summed E-state index contributed by atoms with van der Waals surface area (Å²) >= 11 is 0. The van der Waals surface area contributed by atoms with Crippen molar-refractivity contribution in [3.8, 4) is 0 Å². The first-order valence-corrected chi connectivity index (χ1v) is 7.06. The molecule has 21 heavy (non-hydrogen) atoms. The highest BCUT2D eigenvalue weighted by atomic mass is 16.2. The molecule has 1 aromatic rings. The number of amides is 3. The van der Waals surface area contributed by atoms with Gasteiger partial charge < -0.3 is 11.5 Å². The van der Waals surface area contributed by atoms with Crippen LogP contribution < -0.4 is 11.5 Å². The van der Waals surface area contributed by atoms with Crippen molar-refractivity contribution in [3.63, 3.8) is 0 Å². The third kappa shape index (κ3) is 1.94. The Morgan fingerprint density at radius 1 is 1.10 bits per heavy atom. The Bertz CT molecular complexity index is 648. The highest BCUT2D eigenvalue weighted by Crippen LogP contribution is 2.33. The predicted molar refractivity (Wildman–Crippen MR) is 76.4 cm³/mol. The Morgan fingerprint density at radius 3 is 2.38 bits per heavy atom. The van der Waals surface area contributed by atoms with Crippen molar-refractivity contribution in [1.82, 2.24) is 4.90 Å². The zero-order valence-electron chi connectivity index (χ0n) is 11.6. The van der Waals surface area contributed by atoms with Crippen LogP contribution in [0.1, 0.15) is 52.8 Å². The summed E-state index contributed by atoms with van der Waals surface area (Å²) in [6, 6.07) is 4.63. The van der Waals surface area contributed by atoms with E-state index in [9.17, 15) is 14.4 Å². The van der Waals surface area contributed by atoms with Gasteiger partial charge >= 0.3 is 0 Å². The van der Waals surface area contributed by atoms with Gasteiger partial charge in [0, 0.05) is 5.69 Å². The number of anilines is 1. The number of hydrogen-bond donors (Lipinski definition) is 2. The molecule has 3 rings (SSSR count). The average Bonchev–Trinajstić information content (AvgIpc) is 2.72. The van der Waals surface area contributed by atoms with Gasteiger partial charge in [-0.25, -0.2) is 4.90 Å². The quantitative estimate of drug-likeness (QED) is 0.593. The summed E-state index contributed by atoms with van der Waals surface area (Å²) in [6.45, 7) is 0. The van der Waals surface area contributed by atoms with Crippen molar-refractivity contribution < 1.29 is 14.4 Å². The number of fused-ring (bicyclic) bond motifs is 1. The van der Waals surface area contributed by atoms with E-state index in [-0.39, 0.29) is 16.8 Å². The molecule has 3 amide bonds. The van der Waals surface area contributed by atoms with Crippen molar-refractivity contribution in [1.29, 1.82) is 0 Å². The molecule has 0 radical (unpaired) electrons. The number of carbonyl (C=O) groups excluding carboxylic acids is 3. The van der Waals surface area contributed by atoms with E-state index in [1.807, 2.05) is 0 Å². The molecule has 110 valence electrons. The highest BCUT2D eigenvalue weighted by Gasteiger charge is 2.48. The van der Waals surface area contributed by atoms with Crippen LogP contribution >= 0.6 is 0 Å². The zero-order valence-corrected chi connectivity index (χ0v) is 11.6. The van der Waals surface area contributed by atoms with Crippen LogP contribution in [-0.4, -0.2) is 28.2 Å². The van der Waals surface area contributed by atoms with Crippen LogP contribution in [0.3, 0.4) is 0 Å². The molecule has 0 aromatic heterocycles. The lowest BCUT2D eigenvalue weighted by Crippen LogP contribution is -2.57. The summed E-state index contributed by atoms with van der Waals surface area (Å²) in [4.78, 5) is 38.1. The van der Waals surface area contributed by atoms with Crippen molar-refractivity contribution in [3.05, 3.63) is 29.3 Å². The number of nitrogens with two attached hydrogens (primary N) is 2. The standard InChI is InChI=1S/C15H17N3O3/c16-10-6-4-5-9-11(10)13(20)18(12(9)19)14(21)15(17)7-2-1-3-8-15/h4-6H,1-3,7-8,16-17H2. The zero-order chi connectivity index (χ0) is 15.2. The van der Waals surface area contributed by atoms with Gasteiger partial charge in [0.05, 0.1) is 16.7 Å². The van der Waals surface area contributed by atoms with Crippen LogP contribution in [0.4, 0.5) is 5.69 Å². The molecule has 1 fully saturated rings. The second kappa shape index (κ2) is 4.66. The second-order valence-corrected chi connectivity index (χ2v) is 5.74. The molecule has 0 spiro atoms. The Hall–Kier alpha value is -2.21. The van der Waals surface area contributed by atoms with Crippen molar-refractivity contribution in [2.45, 2.75) is 37.6 Å². The molecule has 0 bridgehead atoms. The normalized spacial score (nSPS) is 20.5. The molecule has 1 aromatic carbocycles. The van der Waals surface area contributed by atoms with Crippen LogP contribution in [-0.2, 0) is 4.79 Å². The highest BCUT2D eigenvalue weighted by molar-refractivity contribution is 6.31. The molecule has 1 heterocycles. The van der Waals surface area contributed by atoms with E-state index in [0.717, 1.165) is 19.3 Å². The minimum Gasteiger partial charge on any atom is -0.398 e. The first-order chi connectivity index (χ1) is 9.96. The smallest absolute Gasteiger partial charge is 0.270 e. The fourth-order valence-corrected chi connectivity index (χ4v) is 3.12. The van der Waals surface area contributed by atoms with Crippen LogP contribution in [0.15, 0.2) is 18.2 Å². The van der Waals surface area contributed by atoms with E-state index in [4.69, 9.17) is 11.5 Å². The Labute approximate surface area is 122 Å². The van der Waals surface area contributed by atoms with Gasteiger partial charge in [-0.15, -0.1) is 0 Å². The van der Waals surface area contributed by atoms with Crippen LogP contribution in [0, 0.1) is 0 Å². The molecule has 6 heteroatoms. The monoisotopic (exact) mass is 287 g/mol. The Morgan fingerprint density at radius 2 is 1.76 bits per heavy atom. The molecule has 4 N–H and O–H groups in total. The van der Waals surface area contributed by atoms with Crippen molar-refractivity contribution >= 4 is 23.4 Å².